The minimum absolute atomic E-state index is 0.191. The van der Waals surface area contributed by atoms with Crippen LogP contribution < -0.4 is 5.73 Å². The lowest BCUT2D eigenvalue weighted by molar-refractivity contribution is 0.162. The Labute approximate surface area is 110 Å². The molecule has 1 aromatic carbocycles. The fraction of sp³-hybridized carbons (Fsp3) is 0.538. The molecule has 2 unspecified atom stereocenters. The van der Waals surface area contributed by atoms with Crippen molar-refractivity contribution >= 4 is 15.9 Å². The molecule has 0 aromatic heterocycles. The fourth-order valence-electron chi connectivity index (χ4n) is 2.27. The van der Waals surface area contributed by atoms with Gasteiger partial charge in [0, 0.05) is 23.6 Å². The summed E-state index contributed by atoms with van der Waals surface area (Å²) in [5.74, 6) is 0.398. The van der Waals surface area contributed by atoms with Crippen molar-refractivity contribution in [2.45, 2.75) is 25.9 Å². The van der Waals surface area contributed by atoms with E-state index in [2.05, 4.69) is 27.8 Å². The molecule has 1 saturated heterocycles. The van der Waals surface area contributed by atoms with Crippen LogP contribution in [-0.2, 0) is 6.54 Å². The predicted octanol–water partition coefficient (Wildman–Crippen LogP) is 2.76. The van der Waals surface area contributed by atoms with Crippen molar-refractivity contribution < 1.29 is 4.39 Å². The summed E-state index contributed by atoms with van der Waals surface area (Å²) in [5, 5.41) is 0. The van der Waals surface area contributed by atoms with Gasteiger partial charge in [0.1, 0.15) is 5.82 Å². The van der Waals surface area contributed by atoms with E-state index in [4.69, 9.17) is 5.73 Å². The zero-order valence-electron chi connectivity index (χ0n) is 10.00. The van der Waals surface area contributed by atoms with E-state index in [0.29, 0.717) is 5.92 Å². The third kappa shape index (κ3) is 3.50. The molecule has 2 nitrogen and oxygen atoms in total. The Morgan fingerprint density at radius 3 is 2.88 bits per heavy atom. The Bertz CT molecular complexity index is 377. The topological polar surface area (TPSA) is 29.3 Å². The lowest BCUT2D eigenvalue weighted by Crippen LogP contribution is -2.47. The van der Waals surface area contributed by atoms with E-state index in [9.17, 15) is 4.39 Å². The highest BCUT2D eigenvalue weighted by Gasteiger charge is 2.22. The molecule has 4 heteroatoms. The van der Waals surface area contributed by atoms with Crippen LogP contribution in [0.1, 0.15) is 18.9 Å². The second kappa shape index (κ2) is 5.46. The van der Waals surface area contributed by atoms with E-state index in [0.717, 1.165) is 36.1 Å². The third-order valence-corrected chi connectivity index (χ3v) is 3.89. The highest BCUT2D eigenvalue weighted by atomic mass is 79.9. The van der Waals surface area contributed by atoms with Crippen LogP contribution in [-0.4, -0.2) is 24.0 Å². The molecule has 0 bridgehead atoms. The summed E-state index contributed by atoms with van der Waals surface area (Å²) in [6, 6.07) is 5.27. The Balaban J connectivity index is 2.01. The average Bonchev–Trinajstić information content (AvgIpc) is 2.22. The lowest BCUT2D eigenvalue weighted by atomic mass is 9.94. The van der Waals surface area contributed by atoms with Gasteiger partial charge >= 0.3 is 0 Å². The first-order chi connectivity index (χ1) is 8.04. The predicted molar refractivity (Wildman–Crippen MR) is 71.1 cm³/mol. The summed E-state index contributed by atoms with van der Waals surface area (Å²) < 4.78 is 14.0. The van der Waals surface area contributed by atoms with Gasteiger partial charge in [-0.05, 0) is 42.6 Å². The maximum absolute atomic E-state index is 13.2. The molecular formula is C13H18BrFN2. The number of hydrogen-bond acceptors (Lipinski definition) is 2. The maximum atomic E-state index is 13.2. The number of nitrogens with zero attached hydrogens (tertiary/aromatic N) is 1. The SMILES string of the molecule is CC1CCN(Cc2cc(F)cc(Br)c2)CC1N. The molecule has 1 aliphatic rings. The van der Waals surface area contributed by atoms with E-state index in [1.54, 1.807) is 6.07 Å². The second-order valence-corrected chi connectivity index (χ2v) is 5.86. The van der Waals surface area contributed by atoms with Gasteiger partial charge in [-0.1, -0.05) is 22.9 Å². The van der Waals surface area contributed by atoms with Crippen molar-refractivity contribution in [2.24, 2.45) is 11.7 Å². The van der Waals surface area contributed by atoms with Crippen molar-refractivity contribution in [3.63, 3.8) is 0 Å². The summed E-state index contributed by atoms with van der Waals surface area (Å²) in [5.41, 5.74) is 7.06. The first-order valence-electron chi connectivity index (χ1n) is 5.97. The molecule has 1 heterocycles. The summed E-state index contributed by atoms with van der Waals surface area (Å²) in [6.07, 6.45) is 1.12. The first kappa shape index (κ1) is 13.0. The first-order valence-corrected chi connectivity index (χ1v) is 6.77. The van der Waals surface area contributed by atoms with Gasteiger partial charge in [-0.3, -0.25) is 4.90 Å². The minimum atomic E-state index is -0.191. The number of benzene rings is 1. The zero-order chi connectivity index (χ0) is 12.4. The van der Waals surface area contributed by atoms with Gasteiger partial charge in [0.05, 0.1) is 0 Å². The molecule has 0 spiro atoms. The van der Waals surface area contributed by atoms with Crippen molar-refractivity contribution in [1.29, 1.82) is 0 Å². The molecule has 2 rings (SSSR count). The van der Waals surface area contributed by atoms with Crippen molar-refractivity contribution in [3.8, 4) is 0 Å². The molecule has 1 aromatic rings. The van der Waals surface area contributed by atoms with Gasteiger partial charge in [0.2, 0.25) is 0 Å². The van der Waals surface area contributed by atoms with Crippen LogP contribution in [0.3, 0.4) is 0 Å². The van der Waals surface area contributed by atoms with E-state index in [1.165, 1.54) is 6.07 Å². The van der Waals surface area contributed by atoms with Crippen LogP contribution in [0.15, 0.2) is 22.7 Å². The molecule has 17 heavy (non-hydrogen) atoms. The van der Waals surface area contributed by atoms with Crippen LogP contribution in [0.5, 0.6) is 0 Å². The molecule has 1 aliphatic heterocycles. The molecule has 0 saturated carbocycles. The highest BCUT2D eigenvalue weighted by molar-refractivity contribution is 9.10. The summed E-state index contributed by atoms with van der Waals surface area (Å²) in [6.45, 7) is 4.91. The molecule has 0 amide bonds. The van der Waals surface area contributed by atoms with Crippen LogP contribution in [0, 0.1) is 11.7 Å². The smallest absolute Gasteiger partial charge is 0.124 e. The van der Waals surface area contributed by atoms with Gasteiger partial charge in [-0.25, -0.2) is 4.39 Å². The Morgan fingerprint density at radius 2 is 2.24 bits per heavy atom. The van der Waals surface area contributed by atoms with E-state index in [-0.39, 0.29) is 11.9 Å². The monoisotopic (exact) mass is 300 g/mol. The van der Waals surface area contributed by atoms with Gasteiger partial charge in [0.15, 0.2) is 0 Å². The summed E-state index contributed by atoms with van der Waals surface area (Å²) >= 11 is 3.32. The molecular weight excluding hydrogens is 283 g/mol. The molecule has 2 N–H and O–H groups in total. The van der Waals surface area contributed by atoms with Crippen molar-refractivity contribution in [1.82, 2.24) is 4.90 Å². The molecule has 2 atom stereocenters. The number of piperidine rings is 1. The molecule has 1 fully saturated rings. The summed E-state index contributed by atoms with van der Waals surface area (Å²) in [7, 11) is 0. The standard InChI is InChI=1S/C13H18BrFN2/c1-9-2-3-17(8-13(9)16)7-10-4-11(14)6-12(15)5-10/h4-6,9,13H,2-3,7-8,16H2,1H3. The Hall–Kier alpha value is -0.450. The average molecular weight is 301 g/mol. The lowest BCUT2D eigenvalue weighted by Gasteiger charge is -2.35. The number of likely N-dealkylation sites (tertiary alicyclic amines) is 1. The third-order valence-electron chi connectivity index (χ3n) is 3.43. The van der Waals surface area contributed by atoms with Crippen molar-refractivity contribution in [3.05, 3.63) is 34.1 Å². The fourth-order valence-corrected chi connectivity index (χ4v) is 2.79. The minimum Gasteiger partial charge on any atom is -0.326 e. The Kier molecular flexibility index (Phi) is 4.17. The van der Waals surface area contributed by atoms with Crippen molar-refractivity contribution in [2.75, 3.05) is 13.1 Å². The maximum Gasteiger partial charge on any atom is 0.124 e. The zero-order valence-corrected chi connectivity index (χ0v) is 11.6. The number of hydrogen-bond donors (Lipinski definition) is 1. The van der Waals surface area contributed by atoms with Crippen LogP contribution in [0.4, 0.5) is 4.39 Å². The summed E-state index contributed by atoms with van der Waals surface area (Å²) in [4.78, 5) is 2.30. The molecule has 94 valence electrons. The number of halogens is 2. The largest absolute Gasteiger partial charge is 0.326 e. The van der Waals surface area contributed by atoms with Crippen LogP contribution in [0.25, 0.3) is 0 Å². The normalized spacial score (nSPS) is 26.1. The quantitative estimate of drug-likeness (QED) is 0.910. The molecule has 0 aliphatic carbocycles. The van der Waals surface area contributed by atoms with Gasteiger partial charge in [-0.2, -0.15) is 0 Å². The van der Waals surface area contributed by atoms with Crippen LogP contribution in [0.2, 0.25) is 0 Å². The van der Waals surface area contributed by atoms with Gasteiger partial charge in [-0.15, -0.1) is 0 Å². The second-order valence-electron chi connectivity index (χ2n) is 4.94. The number of nitrogens with two attached hydrogens (primary N) is 1. The Morgan fingerprint density at radius 1 is 1.47 bits per heavy atom. The van der Waals surface area contributed by atoms with Crippen LogP contribution >= 0.6 is 15.9 Å². The molecule has 0 radical (unpaired) electrons. The van der Waals surface area contributed by atoms with E-state index >= 15 is 0 Å². The van der Waals surface area contributed by atoms with Gasteiger partial charge < -0.3 is 5.73 Å². The highest BCUT2D eigenvalue weighted by Crippen LogP contribution is 2.20. The number of rotatable bonds is 2. The van der Waals surface area contributed by atoms with Gasteiger partial charge in [0.25, 0.3) is 0 Å². The van der Waals surface area contributed by atoms with E-state index in [1.807, 2.05) is 6.07 Å². The van der Waals surface area contributed by atoms with E-state index < -0.39 is 0 Å².